The van der Waals surface area contributed by atoms with Crippen molar-refractivity contribution in [1.29, 1.82) is 0 Å². The number of hydrogen-bond donors (Lipinski definition) is 2. The first-order valence-electron chi connectivity index (χ1n) is 10.2. The number of halogens is 1. The Kier molecular flexibility index (Phi) is 6.73. The molecule has 2 N–H and O–H groups in total. The Morgan fingerprint density at radius 3 is 2.62 bits per heavy atom. The summed E-state index contributed by atoms with van der Waals surface area (Å²) in [5, 5.41) is 20.5. The molecule has 29 heavy (non-hydrogen) atoms. The van der Waals surface area contributed by atoms with Gasteiger partial charge in [0.25, 0.3) is 0 Å². The highest BCUT2D eigenvalue weighted by Gasteiger charge is 2.31. The maximum atomic E-state index is 10.4. The second-order valence-corrected chi connectivity index (χ2v) is 8.19. The van der Waals surface area contributed by atoms with E-state index in [0.29, 0.717) is 30.9 Å². The summed E-state index contributed by atoms with van der Waals surface area (Å²) in [4.78, 5) is 0. The van der Waals surface area contributed by atoms with Crippen LogP contribution >= 0.6 is 11.6 Å². The molecule has 5 nitrogen and oxygen atoms in total. The van der Waals surface area contributed by atoms with E-state index in [1.54, 1.807) is 0 Å². The zero-order valence-electron chi connectivity index (χ0n) is 16.3. The molecule has 2 saturated heterocycles. The summed E-state index contributed by atoms with van der Waals surface area (Å²) in [6, 6.07) is 13.8. The van der Waals surface area contributed by atoms with Crippen LogP contribution in [0, 0.1) is 0 Å². The molecule has 0 aliphatic carbocycles. The molecule has 0 amide bonds. The smallest absolute Gasteiger partial charge is 0.124 e. The molecule has 156 valence electrons. The summed E-state index contributed by atoms with van der Waals surface area (Å²) in [6.07, 6.45) is 1.75. The molecule has 0 radical (unpaired) electrons. The van der Waals surface area contributed by atoms with Crippen molar-refractivity contribution in [3.8, 4) is 5.75 Å². The predicted octanol–water partition coefficient (Wildman–Crippen LogP) is 3.67. The van der Waals surface area contributed by atoms with Crippen LogP contribution in [0.5, 0.6) is 5.75 Å². The molecular weight excluding hydrogens is 392 g/mol. The normalized spacial score (nSPS) is 27.1. The van der Waals surface area contributed by atoms with Crippen molar-refractivity contribution in [1.82, 2.24) is 0 Å². The van der Waals surface area contributed by atoms with Gasteiger partial charge in [-0.3, -0.25) is 0 Å². The minimum Gasteiger partial charge on any atom is -0.488 e. The van der Waals surface area contributed by atoms with E-state index in [2.05, 4.69) is 0 Å². The van der Waals surface area contributed by atoms with Crippen LogP contribution in [0.1, 0.15) is 42.1 Å². The van der Waals surface area contributed by atoms with E-state index in [9.17, 15) is 10.2 Å². The van der Waals surface area contributed by atoms with Gasteiger partial charge >= 0.3 is 0 Å². The highest BCUT2D eigenvalue weighted by Crippen LogP contribution is 2.34. The van der Waals surface area contributed by atoms with Crippen molar-refractivity contribution in [2.75, 3.05) is 19.8 Å². The van der Waals surface area contributed by atoms with Gasteiger partial charge < -0.3 is 24.4 Å². The molecule has 2 aromatic rings. The molecule has 2 heterocycles. The summed E-state index contributed by atoms with van der Waals surface area (Å²) in [5.41, 5.74) is 2.98. The first-order chi connectivity index (χ1) is 14.1. The van der Waals surface area contributed by atoms with E-state index < -0.39 is 12.2 Å². The van der Waals surface area contributed by atoms with E-state index in [4.69, 9.17) is 25.8 Å². The standard InChI is InChI=1S/C23H27ClO5/c24-21-7-3-16(23-22(26)8-6-19(13-25)29-23)12-17(21)11-15-1-4-18(5-2-15)28-20-9-10-27-14-20/h1-5,7,12,19-20,22-23,25-26H,6,8-11,13-14H2/t19?,20-,22?,23?/m0/s1. The van der Waals surface area contributed by atoms with E-state index in [1.807, 2.05) is 42.5 Å². The number of aliphatic hydroxyl groups excluding tert-OH is 2. The number of rotatable bonds is 6. The Balaban J connectivity index is 1.46. The van der Waals surface area contributed by atoms with Crippen molar-refractivity contribution in [3.05, 3.63) is 64.2 Å². The van der Waals surface area contributed by atoms with Gasteiger partial charge in [0.2, 0.25) is 0 Å². The molecule has 2 fully saturated rings. The average molecular weight is 419 g/mol. The first-order valence-corrected chi connectivity index (χ1v) is 10.6. The van der Waals surface area contributed by atoms with Gasteiger partial charge in [0.15, 0.2) is 0 Å². The fourth-order valence-corrected chi connectivity index (χ4v) is 4.10. The number of aliphatic hydroxyl groups is 2. The van der Waals surface area contributed by atoms with Gasteiger partial charge in [0.1, 0.15) is 18.0 Å². The second-order valence-electron chi connectivity index (χ2n) is 7.78. The minimum absolute atomic E-state index is 0.0366. The van der Waals surface area contributed by atoms with Crippen molar-refractivity contribution >= 4 is 11.6 Å². The number of ether oxygens (including phenoxy) is 3. The molecule has 2 aliphatic rings. The van der Waals surface area contributed by atoms with Crippen LogP contribution in [-0.2, 0) is 15.9 Å². The van der Waals surface area contributed by atoms with Gasteiger partial charge in [0.05, 0.1) is 32.0 Å². The fraction of sp³-hybridized carbons (Fsp3) is 0.478. The Labute approximate surface area is 176 Å². The molecule has 4 atom stereocenters. The molecule has 0 saturated carbocycles. The Morgan fingerprint density at radius 1 is 1.07 bits per heavy atom. The summed E-state index contributed by atoms with van der Waals surface area (Å²) in [7, 11) is 0. The molecule has 0 aromatic heterocycles. The second kappa shape index (κ2) is 9.45. The first kappa shape index (κ1) is 20.6. The van der Waals surface area contributed by atoms with Crippen LogP contribution < -0.4 is 4.74 Å². The lowest BCUT2D eigenvalue weighted by atomic mass is 9.93. The lowest BCUT2D eigenvalue weighted by Gasteiger charge is -2.33. The molecule has 0 bridgehead atoms. The third-order valence-electron chi connectivity index (χ3n) is 5.58. The SMILES string of the molecule is OCC1CCC(O)C(c2ccc(Cl)c(Cc3ccc(O[C@H]4CCOC4)cc3)c2)O1. The zero-order chi connectivity index (χ0) is 20.2. The summed E-state index contributed by atoms with van der Waals surface area (Å²) in [5.74, 6) is 0.845. The minimum atomic E-state index is -0.581. The summed E-state index contributed by atoms with van der Waals surface area (Å²) >= 11 is 6.44. The third-order valence-corrected chi connectivity index (χ3v) is 5.95. The van der Waals surface area contributed by atoms with E-state index in [-0.39, 0.29) is 18.8 Å². The van der Waals surface area contributed by atoms with Crippen LogP contribution in [-0.4, -0.2) is 48.3 Å². The van der Waals surface area contributed by atoms with Gasteiger partial charge in [-0.2, -0.15) is 0 Å². The summed E-state index contributed by atoms with van der Waals surface area (Å²) in [6.45, 7) is 1.37. The lowest BCUT2D eigenvalue weighted by Crippen LogP contribution is -2.34. The average Bonchev–Trinajstić information content (AvgIpc) is 3.25. The molecular formula is C23H27ClO5. The van der Waals surface area contributed by atoms with Crippen molar-refractivity contribution in [2.45, 2.75) is 50.1 Å². The Bertz CT molecular complexity index is 803. The van der Waals surface area contributed by atoms with Gasteiger partial charge in [0, 0.05) is 11.4 Å². The number of hydrogen-bond acceptors (Lipinski definition) is 5. The molecule has 0 spiro atoms. The molecule has 3 unspecified atom stereocenters. The van der Waals surface area contributed by atoms with E-state index in [1.165, 1.54) is 0 Å². The lowest BCUT2D eigenvalue weighted by molar-refractivity contribution is -0.132. The van der Waals surface area contributed by atoms with Gasteiger partial charge in [-0.1, -0.05) is 35.9 Å². The maximum Gasteiger partial charge on any atom is 0.124 e. The van der Waals surface area contributed by atoms with Crippen molar-refractivity contribution in [3.63, 3.8) is 0 Å². The van der Waals surface area contributed by atoms with Gasteiger partial charge in [-0.15, -0.1) is 0 Å². The number of benzene rings is 2. The van der Waals surface area contributed by atoms with Crippen molar-refractivity contribution in [2.24, 2.45) is 0 Å². The highest BCUT2D eigenvalue weighted by atomic mass is 35.5. The Morgan fingerprint density at radius 2 is 1.90 bits per heavy atom. The monoisotopic (exact) mass is 418 g/mol. The topological polar surface area (TPSA) is 68.2 Å². The largest absolute Gasteiger partial charge is 0.488 e. The van der Waals surface area contributed by atoms with Gasteiger partial charge in [-0.25, -0.2) is 0 Å². The highest BCUT2D eigenvalue weighted by molar-refractivity contribution is 6.31. The zero-order valence-corrected chi connectivity index (χ0v) is 17.1. The maximum absolute atomic E-state index is 10.4. The summed E-state index contributed by atoms with van der Waals surface area (Å²) < 4.78 is 17.2. The van der Waals surface area contributed by atoms with Crippen LogP contribution in [0.25, 0.3) is 0 Å². The molecule has 4 rings (SSSR count). The quantitative estimate of drug-likeness (QED) is 0.749. The van der Waals surface area contributed by atoms with Crippen molar-refractivity contribution < 1.29 is 24.4 Å². The predicted molar refractivity (Wildman–Crippen MR) is 110 cm³/mol. The van der Waals surface area contributed by atoms with E-state index in [0.717, 1.165) is 35.5 Å². The van der Waals surface area contributed by atoms with Crippen LogP contribution in [0.4, 0.5) is 0 Å². The molecule has 2 aliphatic heterocycles. The third kappa shape index (κ3) is 5.11. The van der Waals surface area contributed by atoms with Gasteiger partial charge in [-0.05, 0) is 54.2 Å². The Hall–Kier alpha value is -1.63. The van der Waals surface area contributed by atoms with Crippen LogP contribution in [0.3, 0.4) is 0 Å². The van der Waals surface area contributed by atoms with Crippen LogP contribution in [0.15, 0.2) is 42.5 Å². The van der Waals surface area contributed by atoms with Crippen LogP contribution in [0.2, 0.25) is 5.02 Å². The fourth-order valence-electron chi connectivity index (χ4n) is 3.92. The van der Waals surface area contributed by atoms with E-state index >= 15 is 0 Å². The molecule has 2 aromatic carbocycles. The molecule has 6 heteroatoms.